The zero-order chi connectivity index (χ0) is 16.0. The maximum atomic E-state index is 12.4. The van der Waals surface area contributed by atoms with Gasteiger partial charge in [-0.05, 0) is 6.07 Å². The van der Waals surface area contributed by atoms with E-state index in [1.807, 2.05) is 0 Å². The van der Waals surface area contributed by atoms with Crippen molar-refractivity contribution in [3.63, 3.8) is 0 Å². The highest BCUT2D eigenvalue weighted by Crippen LogP contribution is 2.31. The first-order chi connectivity index (χ1) is 9.94. The second-order valence-corrected chi connectivity index (χ2v) is 4.59. The Kier molecular flexibility index (Phi) is 6.26. The van der Waals surface area contributed by atoms with Gasteiger partial charge in [-0.15, -0.1) is 0 Å². The summed E-state index contributed by atoms with van der Waals surface area (Å²) in [5, 5.41) is 9.69. The van der Waals surface area contributed by atoms with Gasteiger partial charge in [-0.3, -0.25) is 4.79 Å². The average molecular weight is 298 g/mol. The second-order valence-electron chi connectivity index (χ2n) is 4.59. The first kappa shape index (κ1) is 17.1. The van der Waals surface area contributed by atoms with E-state index in [9.17, 15) is 9.90 Å². The van der Waals surface area contributed by atoms with E-state index in [2.05, 4.69) is 0 Å². The van der Waals surface area contributed by atoms with Gasteiger partial charge < -0.3 is 30.0 Å². The molecule has 0 saturated heterocycles. The molecule has 0 aliphatic heterocycles. The number of amides is 1. The molecule has 7 heteroatoms. The SMILES string of the molecule is COCC(O)CN(C)C(=O)c1cc(OC)cc(OC)c1N. The van der Waals surface area contributed by atoms with Gasteiger partial charge in [-0.25, -0.2) is 0 Å². The molecule has 1 aromatic rings. The lowest BCUT2D eigenvalue weighted by molar-refractivity contribution is 0.0380. The van der Waals surface area contributed by atoms with Crippen molar-refractivity contribution in [2.45, 2.75) is 6.10 Å². The number of ether oxygens (including phenoxy) is 3. The third kappa shape index (κ3) is 4.24. The lowest BCUT2D eigenvalue weighted by atomic mass is 10.1. The topological polar surface area (TPSA) is 94.2 Å². The lowest BCUT2D eigenvalue weighted by Crippen LogP contribution is -2.36. The van der Waals surface area contributed by atoms with E-state index >= 15 is 0 Å². The molecule has 7 nitrogen and oxygen atoms in total. The average Bonchev–Trinajstić information content (AvgIpc) is 2.46. The molecule has 0 aliphatic rings. The summed E-state index contributed by atoms with van der Waals surface area (Å²) in [6.07, 6.45) is -0.766. The zero-order valence-electron chi connectivity index (χ0n) is 12.8. The number of hydrogen-bond acceptors (Lipinski definition) is 6. The molecule has 0 heterocycles. The monoisotopic (exact) mass is 298 g/mol. The maximum absolute atomic E-state index is 12.4. The molecule has 1 amide bonds. The smallest absolute Gasteiger partial charge is 0.256 e. The van der Waals surface area contributed by atoms with Crippen molar-refractivity contribution in [1.82, 2.24) is 4.90 Å². The van der Waals surface area contributed by atoms with Crippen LogP contribution in [0.3, 0.4) is 0 Å². The van der Waals surface area contributed by atoms with Gasteiger partial charge in [-0.1, -0.05) is 0 Å². The lowest BCUT2D eigenvalue weighted by Gasteiger charge is -2.22. The summed E-state index contributed by atoms with van der Waals surface area (Å²) in [5.74, 6) is 0.499. The van der Waals surface area contributed by atoms with Gasteiger partial charge in [0.15, 0.2) is 0 Å². The molecule has 1 aromatic carbocycles. The van der Waals surface area contributed by atoms with Crippen LogP contribution in [0.15, 0.2) is 12.1 Å². The molecule has 1 unspecified atom stereocenters. The van der Waals surface area contributed by atoms with Crippen molar-refractivity contribution in [2.75, 3.05) is 47.3 Å². The van der Waals surface area contributed by atoms with Crippen molar-refractivity contribution >= 4 is 11.6 Å². The standard InChI is InChI=1S/C14H22N2O5/c1-16(7-9(17)8-19-2)14(18)11-5-10(20-3)6-12(21-4)13(11)15/h5-6,9,17H,7-8,15H2,1-4H3. The minimum atomic E-state index is -0.766. The predicted molar refractivity (Wildman–Crippen MR) is 78.8 cm³/mol. The number of nitrogens with zero attached hydrogens (tertiary/aromatic N) is 1. The van der Waals surface area contributed by atoms with Gasteiger partial charge in [0, 0.05) is 26.8 Å². The van der Waals surface area contributed by atoms with Gasteiger partial charge in [0.2, 0.25) is 0 Å². The number of aliphatic hydroxyl groups is 1. The number of likely N-dealkylation sites (N-methyl/N-ethyl adjacent to an activating group) is 1. The number of benzene rings is 1. The normalized spacial score (nSPS) is 11.9. The van der Waals surface area contributed by atoms with Crippen LogP contribution in [0.1, 0.15) is 10.4 Å². The van der Waals surface area contributed by atoms with E-state index in [0.29, 0.717) is 11.5 Å². The maximum Gasteiger partial charge on any atom is 0.256 e. The van der Waals surface area contributed by atoms with Crippen molar-refractivity contribution in [1.29, 1.82) is 0 Å². The largest absolute Gasteiger partial charge is 0.497 e. The molecule has 118 valence electrons. The van der Waals surface area contributed by atoms with Crippen LogP contribution >= 0.6 is 0 Å². The molecule has 0 aromatic heterocycles. The number of methoxy groups -OCH3 is 3. The minimum absolute atomic E-state index is 0.131. The Bertz CT molecular complexity index is 492. The highest BCUT2D eigenvalue weighted by Gasteiger charge is 2.21. The summed E-state index contributed by atoms with van der Waals surface area (Å²) >= 11 is 0. The number of nitrogens with two attached hydrogens (primary N) is 1. The fourth-order valence-corrected chi connectivity index (χ4v) is 1.91. The number of anilines is 1. The van der Waals surface area contributed by atoms with E-state index in [-0.39, 0.29) is 30.3 Å². The molecule has 0 radical (unpaired) electrons. The number of rotatable bonds is 7. The summed E-state index contributed by atoms with van der Waals surface area (Å²) in [6, 6.07) is 3.14. The van der Waals surface area contributed by atoms with Crippen molar-refractivity contribution < 1.29 is 24.1 Å². The summed E-state index contributed by atoms with van der Waals surface area (Å²) in [7, 11) is 6.01. The van der Waals surface area contributed by atoms with Crippen molar-refractivity contribution in [3.05, 3.63) is 17.7 Å². The van der Waals surface area contributed by atoms with Gasteiger partial charge in [-0.2, -0.15) is 0 Å². The first-order valence-corrected chi connectivity index (χ1v) is 6.38. The van der Waals surface area contributed by atoms with Gasteiger partial charge >= 0.3 is 0 Å². The summed E-state index contributed by atoms with van der Waals surface area (Å²) in [6.45, 7) is 0.278. The molecular weight excluding hydrogens is 276 g/mol. The molecule has 3 N–H and O–H groups in total. The van der Waals surface area contributed by atoms with E-state index in [4.69, 9.17) is 19.9 Å². The zero-order valence-corrected chi connectivity index (χ0v) is 12.8. The first-order valence-electron chi connectivity index (χ1n) is 6.38. The predicted octanol–water partition coefficient (Wildman–Crippen LogP) is 0.365. The van der Waals surface area contributed by atoms with Crippen LogP contribution in [0.5, 0.6) is 11.5 Å². The Hall–Kier alpha value is -1.99. The third-order valence-electron chi connectivity index (χ3n) is 2.99. The number of aliphatic hydroxyl groups excluding tert-OH is 1. The van der Waals surface area contributed by atoms with Gasteiger partial charge in [0.1, 0.15) is 11.5 Å². The number of carbonyl (C=O) groups is 1. The Labute approximate surface area is 124 Å². The Morgan fingerprint density at radius 2 is 2.00 bits per heavy atom. The van der Waals surface area contributed by atoms with Crippen LogP contribution < -0.4 is 15.2 Å². The summed E-state index contributed by atoms with van der Waals surface area (Å²) < 4.78 is 15.1. The molecule has 0 aliphatic carbocycles. The minimum Gasteiger partial charge on any atom is -0.497 e. The fraction of sp³-hybridized carbons (Fsp3) is 0.500. The number of carbonyl (C=O) groups excluding carboxylic acids is 1. The van der Waals surface area contributed by atoms with Crippen LogP contribution in [0.25, 0.3) is 0 Å². The molecule has 0 saturated carbocycles. The summed E-state index contributed by atoms with van der Waals surface area (Å²) in [4.78, 5) is 13.8. The summed E-state index contributed by atoms with van der Waals surface area (Å²) in [5.41, 5.74) is 6.43. The highest BCUT2D eigenvalue weighted by atomic mass is 16.5. The van der Waals surface area contributed by atoms with Crippen LogP contribution in [-0.4, -0.2) is 63.5 Å². The molecular formula is C14H22N2O5. The molecule has 0 bridgehead atoms. The fourth-order valence-electron chi connectivity index (χ4n) is 1.91. The van der Waals surface area contributed by atoms with E-state index in [1.165, 1.54) is 26.2 Å². The molecule has 21 heavy (non-hydrogen) atoms. The second kappa shape index (κ2) is 7.70. The van der Waals surface area contributed by atoms with Gasteiger partial charge in [0.05, 0.1) is 38.2 Å². The Balaban J connectivity index is 3.00. The number of hydrogen-bond donors (Lipinski definition) is 2. The van der Waals surface area contributed by atoms with E-state index in [1.54, 1.807) is 19.2 Å². The molecule has 0 spiro atoms. The van der Waals surface area contributed by atoms with E-state index in [0.717, 1.165) is 0 Å². The quantitative estimate of drug-likeness (QED) is 0.706. The Morgan fingerprint density at radius 1 is 1.33 bits per heavy atom. The Morgan fingerprint density at radius 3 is 2.52 bits per heavy atom. The number of nitrogen functional groups attached to an aromatic ring is 1. The van der Waals surface area contributed by atoms with Crippen molar-refractivity contribution in [2.24, 2.45) is 0 Å². The molecule has 0 fully saturated rings. The van der Waals surface area contributed by atoms with Crippen LogP contribution in [0, 0.1) is 0 Å². The highest BCUT2D eigenvalue weighted by molar-refractivity contribution is 6.00. The molecule has 1 atom stereocenters. The van der Waals surface area contributed by atoms with E-state index < -0.39 is 6.10 Å². The third-order valence-corrected chi connectivity index (χ3v) is 2.99. The molecule has 1 rings (SSSR count). The van der Waals surface area contributed by atoms with Crippen LogP contribution in [0.4, 0.5) is 5.69 Å². The van der Waals surface area contributed by atoms with Crippen molar-refractivity contribution in [3.8, 4) is 11.5 Å². The van der Waals surface area contributed by atoms with Crippen LogP contribution in [0.2, 0.25) is 0 Å². The van der Waals surface area contributed by atoms with Crippen LogP contribution in [-0.2, 0) is 4.74 Å². The van der Waals surface area contributed by atoms with Gasteiger partial charge in [0.25, 0.3) is 5.91 Å².